The summed E-state index contributed by atoms with van der Waals surface area (Å²) in [7, 11) is 1.82. The Hall–Kier alpha value is -2.63. The van der Waals surface area contributed by atoms with Crippen LogP contribution in [0.1, 0.15) is 0 Å². The molecule has 1 aromatic carbocycles. The number of nitrogens with zero attached hydrogens (tertiary/aromatic N) is 2. The van der Waals surface area contributed by atoms with Crippen molar-refractivity contribution >= 4 is 11.4 Å². The summed E-state index contributed by atoms with van der Waals surface area (Å²) in [5, 5.41) is 13.6. The van der Waals surface area contributed by atoms with Crippen LogP contribution in [-0.2, 0) is 0 Å². The van der Waals surface area contributed by atoms with Crippen LogP contribution in [0.25, 0.3) is 0 Å². The van der Waals surface area contributed by atoms with Gasteiger partial charge in [0.15, 0.2) is 0 Å². The molecule has 18 heavy (non-hydrogen) atoms. The fraction of sp³-hybridized carbons (Fsp3) is 0.0833. The van der Waals surface area contributed by atoms with Gasteiger partial charge in [0.25, 0.3) is 5.69 Å². The van der Waals surface area contributed by atoms with Gasteiger partial charge in [0.2, 0.25) is 5.88 Å². The van der Waals surface area contributed by atoms with E-state index in [1.54, 1.807) is 12.1 Å². The van der Waals surface area contributed by atoms with Crippen molar-refractivity contribution in [2.75, 3.05) is 12.4 Å². The maximum absolute atomic E-state index is 10.6. The summed E-state index contributed by atoms with van der Waals surface area (Å²) in [5.41, 5.74) is 0.904. The second-order valence-electron chi connectivity index (χ2n) is 3.49. The van der Waals surface area contributed by atoms with Crippen molar-refractivity contribution < 1.29 is 9.66 Å². The van der Waals surface area contributed by atoms with Crippen LogP contribution < -0.4 is 10.1 Å². The number of aromatic nitrogens is 1. The van der Waals surface area contributed by atoms with Crippen molar-refractivity contribution in [3.8, 4) is 11.6 Å². The zero-order valence-corrected chi connectivity index (χ0v) is 9.66. The van der Waals surface area contributed by atoms with E-state index in [9.17, 15) is 10.1 Å². The molecule has 6 nitrogen and oxygen atoms in total. The highest BCUT2D eigenvalue weighted by Gasteiger charge is 2.08. The Balaban J connectivity index is 2.17. The first-order valence-electron chi connectivity index (χ1n) is 5.25. The minimum atomic E-state index is -0.487. The summed E-state index contributed by atoms with van der Waals surface area (Å²) < 4.78 is 5.43. The summed E-state index contributed by atoms with van der Waals surface area (Å²) in [6.45, 7) is 0. The third kappa shape index (κ3) is 2.73. The molecule has 0 aliphatic carbocycles. The molecule has 0 amide bonds. The molecule has 1 N–H and O–H groups in total. The number of hydrogen-bond donors (Lipinski definition) is 1. The van der Waals surface area contributed by atoms with Crippen molar-refractivity contribution in [1.29, 1.82) is 0 Å². The van der Waals surface area contributed by atoms with E-state index in [0.29, 0.717) is 5.75 Å². The Bertz CT molecular complexity index is 555. The number of nitrogens with one attached hydrogen (secondary N) is 1. The lowest BCUT2D eigenvalue weighted by Gasteiger charge is -2.05. The molecule has 0 bridgehead atoms. The van der Waals surface area contributed by atoms with Gasteiger partial charge in [0, 0.05) is 25.0 Å². The number of pyridine rings is 1. The van der Waals surface area contributed by atoms with Crippen LogP contribution in [0.2, 0.25) is 0 Å². The van der Waals surface area contributed by atoms with Crippen LogP contribution >= 0.6 is 0 Å². The van der Waals surface area contributed by atoms with E-state index in [4.69, 9.17) is 4.74 Å². The third-order valence-electron chi connectivity index (χ3n) is 2.29. The summed E-state index contributed by atoms with van der Waals surface area (Å²) >= 11 is 0. The van der Waals surface area contributed by atoms with E-state index in [-0.39, 0.29) is 11.6 Å². The van der Waals surface area contributed by atoms with Gasteiger partial charge in [-0.05, 0) is 24.3 Å². The molecule has 0 aliphatic heterocycles. The zero-order chi connectivity index (χ0) is 13.0. The maximum Gasteiger partial charge on any atom is 0.276 e. The summed E-state index contributed by atoms with van der Waals surface area (Å²) in [5.74, 6) is 0.767. The molecule has 6 heteroatoms. The molecule has 0 saturated carbocycles. The molecule has 0 radical (unpaired) electrons. The van der Waals surface area contributed by atoms with Gasteiger partial charge in [0.1, 0.15) is 5.75 Å². The van der Waals surface area contributed by atoms with E-state index < -0.39 is 4.92 Å². The second-order valence-corrected chi connectivity index (χ2v) is 3.49. The molecule has 0 spiro atoms. The predicted octanol–water partition coefficient (Wildman–Crippen LogP) is 2.82. The Morgan fingerprint density at radius 3 is 2.61 bits per heavy atom. The SMILES string of the molecule is CNc1ccc(Oc2cc([N+](=O)[O-])ccn2)cc1. The van der Waals surface area contributed by atoms with Gasteiger partial charge in [-0.1, -0.05) is 0 Å². The van der Waals surface area contributed by atoms with E-state index >= 15 is 0 Å². The fourth-order valence-corrected chi connectivity index (χ4v) is 1.38. The normalized spacial score (nSPS) is 9.83. The first-order valence-corrected chi connectivity index (χ1v) is 5.25. The van der Waals surface area contributed by atoms with Gasteiger partial charge in [-0.3, -0.25) is 10.1 Å². The van der Waals surface area contributed by atoms with Crippen LogP contribution in [0.4, 0.5) is 11.4 Å². The average molecular weight is 245 g/mol. The molecule has 0 saturated heterocycles. The highest BCUT2D eigenvalue weighted by atomic mass is 16.6. The summed E-state index contributed by atoms with van der Waals surface area (Å²) in [4.78, 5) is 14.0. The summed E-state index contributed by atoms with van der Waals surface area (Å²) in [6, 6.07) is 9.79. The largest absolute Gasteiger partial charge is 0.439 e. The lowest BCUT2D eigenvalue weighted by molar-refractivity contribution is -0.385. The molecule has 0 unspecified atom stereocenters. The number of benzene rings is 1. The van der Waals surface area contributed by atoms with E-state index in [1.165, 1.54) is 18.3 Å². The van der Waals surface area contributed by atoms with Gasteiger partial charge in [0.05, 0.1) is 11.0 Å². The van der Waals surface area contributed by atoms with Crippen molar-refractivity contribution in [1.82, 2.24) is 4.98 Å². The van der Waals surface area contributed by atoms with Crippen LogP contribution in [-0.4, -0.2) is 17.0 Å². The van der Waals surface area contributed by atoms with Crippen LogP contribution in [0.15, 0.2) is 42.6 Å². The molecule has 0 aliphatic rings. The Morgan fingerprint density at radius 1 is 1.28 bits per heavy atom. The first-order chi connectivity index (χ1) is 8.69. The van der Waals surface area contributed by atoms with E-state index in [2.05, 4.69) is 10.3 Å². The molecular weight excluding hydrogens is 234 g/mol. The molecular formula is C12H11N3O3. The second kappa shape index (κ2) is 5.13. The van der Waals surface area contributed by atoms with Gasteiger partial charge >= 0.3 is 0 Å². The minimum Gasteiger partial charge on any atom is -0.439 e. The van der Waals surface area contributed by atoms with Crippen molar-refractivity contribution in [3.63, 3.8) is 0 Å². The minimum absolute atomic E-state index is 0.0492. The van der Waals surface area contributed by atoms with Gasteiger partial charge in [-0.15, -0.1) is 0 Å². The molecule has 2 aromatic rings. The highest BCUT2D eigenvalue weighted by Crippen LogP contribution is 2.23. The molecule has 1 heterocycles. The molecule has 1 aromatic heterocycles. The summed E-state index contributed by atoms with van der Waals surface area (Å²) in [6.07, 6.45) is 1.34. The van der Waals surface area contributed by atoms with Gasteiger partial charge < -0.3 is 10.1 Å². The number of anilines is 1. The van der Waals surface area contributed by atoms with Gasteiger partial charge in [-0.25, -0.2) is 4.98 Å². The van der Waals surface area contributed by atoms with Gasteiger partial charge in [-0.2, -0.15) is 0 Å². The topological polar surface area (TPSA) is 77.3 Å². The first kappa shape index (κ1) is 11.8. The number of nitro groups is 1. The molecule has 0 atom stereocenters. The lowest BCUT2D eigenvalue weighted by Crippen LogP contribution is -1.92. The van der Waals surface area contributed by atoms with E-state index in [0.717, 1.165) is 5.69 Å². The number of hydrogen-bond acceptors (Lipinski definition) is 5. The third-order valence-corrected chi connectivity index (χ3v) is 2.29. The predicted molar refractivity (Wildman–Crippen MR) is 67.0 cm³/mol. The van der Waals surface area contributed by atoms with Crippen molar-refractivity contribution in [3.05, 3.63) is 52.7 Å². The van der Waals surface area contributed by atoms with Crippen molar-refractivity contribution in [2.45, 2.75) is 0 Å². The monoisotopic (exact) mass is 245 g/mol. The number of rotatable bonds is 4. The maximum atomic E-state index is 10.6. The molecule has 2 rings (SSSR count). The Morgan fingerprint density at radius 2 is 2.00 bits per heavy atom. The average Bonchev–Trinajstić information content (AvgIpc) is 2.40. The van der Waals surface area contributed by atoms with Crippen LogP contribution in [0.3, 0.4) is 0 Å². The van der Waals surface area contributed by atoms with E-state index in [1.807, 2.05) is 19.2 Å². The highest BCUT2D eigenvalue weighted by molar-refractivity contribution is 5.46. The van der Waals surface area contributed by atoms with Crippen LogP contribution in [0.5, 0.6) is 11.6 Å². The molecule has 92 valence electrons. The lowest BCUT2D eigenvalue weighted by atomic mass is 10.3. The standard InChI is InChI=1S/C12H11N3O3/c1-13-9-2-4-11(5-3-9)18-12-8-10(15(16)17)6-7-14-12/h2-8,13H,1H3. The zero-order valence-electron chi connectivity index (χ0n) is 9.66. The Kier molecular flexibility index (Phi) is 3.38. The molecule has 0 fully saturated rings. The Labute approximate surface area is 103 Å². The van der Waals surface area contributed by atoms with Crippen LogP contribution in [0, 0.1) is 10.1 Å². The fourth-order valence-electron chi connectivity index (χ4n) is 1.38. The smallest absolute Gasteiger partial charge is 0.276 e. The quantitative estimate of drug-likeness (QED) is 0.662. The number of ether oxygens (including phenoxy) is 1. The van der Waals surface area contributed by atoms with Crippen molar-refractivity contribution in [2.24, 2.45) is 0 Å².